The number of esters is 1. The van der Waals surface area contributed by atoms with E-state index in [9.17, 15) is 18.0 Å². The molecule has 2 aromatic rings. The average molecular weight is 378 g/mol. The summed E-state index contributed by atoms with van der Waals surface area (Å²) in [6.07, 6.45) is 2.27. The fourth-order valence-electron chi connectivity index (χ4n) is 3.56. The lowest BCUT2D eigenvalue weighted by Crippen LogP contribution is -2.18. The van der Waals surface area contributed by atoms with Gasteiger partial charge in [0.1, 0.15) is 5.69 Å². The van der Waals surface area contributed by atoms with Crippen LogP contribution < -0.4 is 0 Å². The number of aryl methyl sites for hydroxylation is 2. The van der Waals surface area contributed by atoms with Crippen LogP contribution in [0, 0.1) is 13.8 Å². The summed E-state index contributed by atoms with van der Waals surface area (Å²) in [5.74, 6) is -0.583. The van der Waals surface area contributed by atoms with Gasteiger partial charge in [-0.05, 0) is 38.5 Å². The molecular weight excluding hydrogens is 356 g/mol. The van der Waals surface area contributed by atoms with E-state index in [0.717, 1.165) is 5.69 Å². The maximum Gasteiger partial charge on any atom is 0.355 e. The molecule has 0 N–H and O–H groups in total. The zero-order valence-electron chi connectivity index (χ0n) is 15.1. The summed E-state index contributed by atoms with van der Waals surface area (Å²) in [5.41, 5.74) is 2.39. The van der Waals surface area contributed by atoms with Crippen molar-refractivity contribution in [1.29, 1.82) is 0 Å². The van der Waals surface area contributed by atoms with Gasteiger partial charge in [-0.1, -0.05) is 0 Å². The van der Waals surface area contributed by atoms with Crippen molar-refractivity contribution >= 4 is 21.6 Å². The highest BCUT2D eigenvalue weighted by Gasteiger charge is 2.31. The number of carbonyl (C=O) groups is 2. The zero-order chi connectivity index (χ0) is 19.1. The first kappa shape index (κ1) is 18.4. The Labute approximate surface area is 152 Å². The van der Waals surface area contributed by atoms with E-state index in [1.165, 1.54) is 0 Å². The molecule has 2 aromatic heterocycles. The summed E-state index contributed by atoms with van der Waals surface area (Å²) in [4.78, 5) is 24.5. The summed E-state index contributed by atoms with van der Waals surface area (Å²) in [6, 6.07) is 4.94. The summed E-state index contributed by atoms with van der Waals surface area (Å²) in [7, 11) is -1.29. The molecule has 26 heavy (non-hydrogen) atoms. The first-order chi connectivity index (χ1) is 12.2. The van der Waals surface area contributed by atoms with E-state index in [0.29, 0.717) is 23.4 Å². The van der Waals surface area contributed by atoms with Crippen molar-refractivity contribution in [3.8, 4) is 0 Å². The number of hydrogen-bond donors (Lipinski definition) is 0. The molecule has 1 aliphatic rings. The summed E-state index contributed by atoms with van der Waals surface area (Å²) in [5, 5.41) is 0. The number of nitrogens with zero attached hydrogens (tertiary/aromatic N) is 2. The van der Waals surface area contributed by atoms with Crippen molar-refractivity contribution in [1.82, 2.24) is 9.13 Å². The summed E-state index contributed by atoms with van der Waals surface area (Å²) >= 11 is 0. The number of hydrogen-bond acceptors (Lipinski definition) is 5. The molecule has 7 nitrogen and oxygen atoms in total. The van der Waals surface area contributed by atoms with Gasteiger partial charge in [0.05, 0.1) is 11.5 Å². The molecule has 0 aromatic carbocycles. The van der Waals surface area contributed by atoms with E-state index in [-0.39, 0.29) is 29.9 Å². The molecule has 0 aliphatic carbocycles. The third kappa shape index (κ3) is 3.46. The van der Waals surface area contributed by atoms with Crippen LogP contribution in [-0.2, 0) is 21.6 Å². The summed E-state index contributed by atoms with van der Waals surface area (Å²) < 4.78 is 32.2. The van der Waals surface area contributed by atoms with Crippen LogP contribution in [0.1, 0.15) is 44.7 Å². The average Bonchev–Trinajstić information content (AvgIpc) is 3.22. The maximum absolute atomic E-state index is 12.5. The van der Waals surface area contributed by atoms with Gasteiger partial charge in [-0.25, -0.2) is 13.2 Å². The van der Waals surface area contributed by atoms with E-state index < -0.39 is 15.8 Å². The predicted molar refractivity (Wildman–Crippen MR) is 96.2 cm³/mol. The van der Waals surface area contributed by atoms with Crippen LogP contribution in [0.5, 0.6) is 0 Å². The minimum Gasteiger partial charge on any atom is -0.453 e. The molecule has 0 radical (unpaired) electrons. The summed E-state index contributed by atoms with van der Waals surface area (Å²) in [6.45, 7) is 3.30. The highest BCUT2D eigenvalue weighted by molar-refractivity contribution is 7.91. The molecule has 0 amide bonds. The van der Waals surface area contributed by atoms with Crippen LogP contribution in [0.3, 0.4) is 0 Å². The molecule has 140 valence electrons. The normalized spacial score (nSPS) is 18.8. The molecule has 1 atom stereocenters. The van der Waals surface area contributed by atoms with E-state index in [1.807, 2.05) is 11.5 Å². The Bertz CT molecular complexity index is 968. The third-order valence-corrected chi connectivity index (χ3v) is 6.60. The Morgan fingerprint density at radius 1 is 1.31 bits per heavy atom. The number of rotatable bonds is 5. The fraction of sp³-hybridized carbons (Fsp3) is 0.444. The molecule has 1 aliphatic heterocycles. The van der Waals surface area contributed by atoms with Crippen LogP contribution >= 0.6 is 0 Å². The van der Waals surface area contributed by atoms with Gasteiger partial charge >= 0.3 is 5.97 Å². The number of ether oxygens (including phenoxy) is 1. The van der Waals surface area contributed by atoms with Crippen molar-refractivity contribution in [3.05, 3.63) is 47.0 Å². The van der Waals surface area contributed by atoms with Gasteiger partial charge in [0, 0.05) is 36.2 Å². The third-order valence-electron chi connectivity index (χ3n) is 4.85. The van der Waals surface area contributed by atoms with Crippen molar-refractivity contribution in [2.24, 2.45) is 7.05 Å². The first-order valence-corrected chi connectivity index (χ1v) is 10.2. The lowest BCUT2D eigenvalue weighted by molar-refractivity contribution is 0.0465. The highest BCUT2D eigenvalue weighted by atomic mass is 32.2. The number of sulfone groups is 1. The number of ketones is 1. The molecule has 1 fully saturated rings. The topological polar surface area (TPSA) is 87.4 Å². The van der Waals surface area contributed by atoms with Crippen molar-refractivity contribution < 1.29 is 22.7 Å². The van der Waals surface area contributed by atoms with Gasteiger partial charge in [0.25, 0.3) is 0 Å². The van der Waals surface area contributed by atoms with Crippen LogP contribution in [0.15, 0.2) is 24.4 Å². The minimum atomic E-state index is -3.02. The predicted octanol–water partition coefficient (Wildman–Crippen LogP) is 1.84. The smallest absolute Gasteiger partial charge is 0.355 e. The van der Waals surface area contributed by atoms with E-state index in [2.05, 4.69) is 0 Å². The van der Waals surface area contributed by atoms with Crippen molar-refractivity contribution in [2.75, 3.05) is 18.1 Å². The minimum absolute atomic E-state index is 0.0967. The van der Waals surface area contributed by atoms with Crippen LogP contribution in [0.2, 0.25) is 0 Å². The molecule has 0 unspecified atom stereocenters. The van der Waals surface area contributed by atoms with Gasteiger partial charge in [0.15, 0.2) is 16.4 Å². The second-order valence-electron chi connectivity index (χ2n) is 6.72. The Hall–Kier alpha value is -2.35. The number of aromatic nitrogens is 2. The standard InChI is InChI=1S/C18H22N2O5S/c1-12-9-15(13(2)20(12)14-6-8-26(23,24)11-14)17(21)10-25-18(22)16-5-4-7-19(16)3/h4-5,7,9,14H,6,8,10-11H2,1-3H3/t14-/m1/s1. The van der Waals surface area contributed by atoms with E-state index in [1.54, 1.807) is 42.9 Å². The zero-order valence-corrected chi connectivity index (χ0v) is 15.9. The van der Waals surface area contributed by atoms with Crippen LogP contribution in [0.25, 0.3) is 0 Å². The SMILES string of the molecule is Cc1cc(C(=O)COC(=O)c2cccn2C)c(C)n1[C@@H]1CCS(=O)(=O)C1. The molecule has 8 heteroatoms. The second-order valence-corrected chi connectivity index (χ2v) is 8.94. The van der Waals surface area contributed by atoms with Gasteiger partial charge in [-0.2, -0.15) is 0 Å². The monoisotopic (exact) mass is 378 g/mol. The number of Topliss-reactive ketones (excluding diaryl/α,β-unsaturated/α-hetero) is 1. The molecule has 3 rings (SSSR count). The molecule has 3 heterocycles. The molecular formula is C18H22N2O5S. The lowest BCUT2D eigenvalue weighted by atomic mass is 10.1. The van der Waals surface area contributed by atoms with Gasteiger partial charge in [-0.15, -0.1) is 0 Å². The van der Waals surface area contributed by atoms with Crippen molar-refractivity contribution in [2.45, 2.75) is 26.3 Å². The van der Waals surface area contributed by atoms with E-state index in [4.69, 9.17) is 4.74 Å². The Balaban J connectivity index is 1.73. The quantitative estimate of drug-likeness (QED) is 0.585. The molecule has 0 saturated carbocycles. The van der Waals surface area contributed by atoms with Crippen molar-refractivity contribution in [3.63, 3.8) is 0 Å². The second kappa shape index (κ2) is 6.75. The maximum atomic E-state index is 12.5. The van der Waals surface area contributed by atoms with Crippen LogP contribution in [-0.4, -0.2) is 47.4 Å². The largest absolute Gasteiger partial charge is 0.453 e. The Morgan fingerprint density at radius 3 is 2.62 bits per heavy atom. The Morgan fingerprint density at radius 2 is 2.04 bits per heavy atom. The van der Waals surface area contributed by atoms with Gasteiger partial charge in [0.2, 0.25) is 5.78 Å². The van der Waals surface area contributed by atoms with Gasteiger partial charge in [-0.3, -0.25) is 4.79 Å². The Kier molecular flexibility index (Phi) is 4.79. The van der Waals surface area contributed by atoms with Gasteiger partial charge < -0.3 is 13.9 Å². The molecule has 1 saturated heterocycles. The first-order valence-electron chi connectivity index (χ1n) is 8.40. The molecule has 0 spiro atoms. The molecule has 0 bridgehead atoms. The van der Waals surface area contributed by atoms with Crippen LogP contribution in [0.4, 0.5) is 0 Å². The highest BCUT2D eigenvalue weighted by Crippen LogP contribution is 2.29. The van der Waals surface area contributed by atoms with E-state index >= 15 is 0 Å². The number of carbonyl (C=O) groups excluding carboxylic acids is 2. The fourth-order valence-corrected chi connectivity index (χ4v) is 5.26. The lowest BCUT2D eigenvalue weighted by Gasteiger charge is -2.16.